The quantitative estimate of drug-likeness (QED) is 0.582. The number of alkyl halides is 3. The molecule has 184 valence electrons. The molecule has 0 spiro atoms. The Balaban J connectivity index is 1.38. The fourth-order valence-electron chi connectivity index (χ4n) is 4.47. The van der Waals surface area contributed by atoms with Crippen molar-refractivity contribution in [1.29, 1.82) is 0 Å². The smallest absolute Gasteiger partial charge is 0.417 e. The maximum Gasteiger partial charge on any atom is 0.417 e. The zero-order chi connectivity index (χ0) is 25.0. The SMILES string of the molecule is CC(C)(C)OC(=O)N1C[C@@H]2C[C@H]1CN2c1ccc2ncnc(Nc3cncc(C(F)(F)F)c3)c2n1. The van der Waals surface area contributed by atoms with Gasteiger partial charge in [0, 0.05) is 19.3 Å². The maximum absolute atomic E-state index is 13.1. The second kappa shape index (κ2) is 8.21. The van der Waals surface area contributed by atoms with Crippen LogP contribution in [0, 0.1) is 0 Å². The average molecular weight is 487 g/mol. The van der Waals surface area contributed by atoms with Gasteiger partial charge < -0.3 is 19.9 Å². The van der Waals surface area contributed by atoms with Crippen molar-refractivity contribution < 1.29 is 22.7 Å². The summed E-state index contributed by atoms with van der Waals surface area (Å²) in [5.41, 5.74) is -0.311. The molecule has 9 nitrogen and oxygen atoms in total. The summed E-state index contributed by atoms with van der Waals surface area (Å²) in [6.45, 7) is 6.66. The van der Waals surface area contributed by atoms with E-state index in [1.807, 2.05) is 26.8 Å². The molecular weight excluding hydrogens is 463 g/mol. The Morgan fingerprint density at radius 2 is 1.91 bits per heavy atom. The summed E-state index contributed by atoms with van der Waals surface area (Å²) in [5.74, 6) is 0.964. The van der Waals surface area contributed by atoms with Gasteiger partial charge >= 0.3 is 12.3 Å². The Morgan fingerprint density at radius 1 is 1.11 bits per heavy atom. The third kappa shape index (κ3) is 4.64. The molecule has 3 aromatic rings. The first-order valence-electron chi connectivity index (χ1n) is 11.2. The number of nitrogens with zero attached hydrogens (tertiary/aromatic N) is 6. The van der Waals surface area contributed by atoms with Gasteiger partial charge in [-0.1, -0.05) is 0 Å². The standard InChI is InChI=1S/C23H24F3N7O2/c1-22(2,3)35-21(34)33-11-15-7-16(33)10-32(15)18-5-4-17-19(31-18)20(29-12-28-17)30-14-6-13(8-27-9-14)23(24,25)26/h4-6,8-9,12,15-16H,7,10-11H2,1-3H3,(H,28,29,30)/t15-,16-/m0/s1. The first-order valence-corrected chi connectivity index (χ1v) is 11.2. The Kier molecular flexibility index (Phi) is 5.41. The number of fused-ring (bicyclic) bond motifs is 3. The lowest BCUT2D eigenvalue weighted by atomic mass is 10.2. The fourth-order valence-corrected chi connectivity index (χ4v) is 4.47. The van der Waals surface area contributed by atoms with E-state index in [2.05, 4.69) is 25.2 Å². The summed E-state index contributed by atoms with van der Waals surface area (Å²) in [6.07, 6.45) is -0.632. The molecule has 1 amide bonds. The molecule has 0 aliphatic carbocycles. The van der Waals surface area contributed by atoms with Crippen LogP contribution in [0.25, 0.3) is 11.0 Å². The first-order chi connectivity index (χ1) is 16.5. The molecule has 2 aliphatic rings. The normalized spacial score (nSPS) is 19.9. The van der Waals surface area contributed by atoms with Gasteiger partial charge in [0.25, 0.3) is 0 Å². The van der Waals surface area contributed by atoms with E-state index in [0.717, 1.165) is 18.7 Å². The predicted octanol–water partition coefficient (Wildman–Crippen LogP) is 4.38. The lowest BCUT2D eigenvalue weighted by Gasteiger charge is -2.35. The molecule has 2 bridgehead atoms. The molecule has 0 aromatic carbocycles. The number of anilines is 3. The number of carbonyl (C=O) groups is 1. The number of hydrogen-bond acceptors (Lipinski definition) is 8. The highest BCUT2D eigenvalue weighted by molar-refractivity contribution is 5.88. The second-order valence-electron chi connectivity index (χ2n) is 9.67. The van der Waals surface area contributed by atoms with Crippen LogP contribution in [0.1, 0.15) is 32.8 Å². The molecule has 0 unspecified atom stereocenters. The molecule has 0 radical (unpaired) electrons. The van der Waals surface area contributed by atoms with Crippen LogP contribution in [-0.4, -0.2) is 61.7 Å². The molecule has 2 atom stereocenters. The summed E-state index contributed by atoms with van der Waals surface area (Å²) in [5, 5.41) is 2.89. The van der Waals surface area contributed by atoms with Gasteiger partial charge in [-0.15, -0.1) is 0 Å². The average Bonchev–Trinajstić information content (AvgIpc) is 3.39. The van der Waals surface area contributed by atoms with Crippen molar-refractivity contribution in [2.75, 3.05) is 23.3 Å². The highest BCUT2D eigenvalue weighted by Crippen LogP contribution is 2.36. The number of piperazine rings is 1. The van der Waals surface area contributed by atoms with E-state index in [-0.39, 0.29) is 29.7 Å². The van der Waals surface area contributed by atoms with Gasteiger partial charge in [-0.25, -0.2) is 19.7 Å². The minimum Gasteiger partial charge on any atom is -0.444 e. The van der Waals surface area contributed by atoms with Crippen molar-refractivity contribution in [3.63, 3.8) is 0 Å². The third-order valence-corrected chi connectivity index (χ3v) is 5.96. The van der Waals surface area contributed by atoms with Gasteiger partial charge in [0.15, 0.2) is 5.82 Å². The number of amides is 1. The highest BCUT2D eigenvalue weighted by atomic mass is 19.4. The number of pyridine rings is 2. The van der Waals surface area contributed by atoms with E-state index < -0.39 is 17.3 Å². The predicted molar refractivity (Wildman–Crippen MR) is 122 cm³/mol. The van der Waals surface area contributed by atoms with Crippen LogP contribution in [0.2, 0.25) is 0 Å². The Morgan fingerprint density at radius 3 is 2.60 bits per heavy atom. The minimum absolute atomic E-state index is 0.0214. The lowest BCUT2D eigenvalue weighted by molar-refractivity contribution is -0.137. The zero-order valence-electron chi connectivity index (χ0n) is 19.4. The topological polar surface area (TPSA) is 96.4 Å². The van der Waals surface area contributed by atoms with Crippen LogP contribution in [0.5, 0.6) is 0 Å². The molecule has 2 saturated heterocycles. The number of ether oxygens (including phenoxy) is 1. The number of carbonyl (C=O) groups excluding carboxylic acids is 1. The first kappa shape index (κ1) is 23.1. The van der Waals surface area contributed by atoms with Crippen molar-refractivity contribution in [2.45, 2.75) is 51.1 Å². The van der Waals surface area contributed by atoms with Crippen LogP contribution >= 0.6 is 0 Å². The van der Waals surface area contributed by atoms with Gasteiger partial charge in [-0.3, -0.25) is 4.98 Å². The number of nitrogens with one attached hydrogen (secondary N) is 1. The van der Waals surface area contributed by atoms with Gasteiger partial charge in [-0.2, -0.15) is 13.2 Å². The van der Waals surface area contributed by atoms with E-state index >= 15 is 0 Å². The van der Waals surface area contributed by atoms with Crippen molar-refractivity contribution in [3.8, 4) is 0 Å². The molecule has 12 heteroatoms. The molecule has 1 N–H and O–H groups in total. The number of aromatic nitrogens is 4. The molecule has 2 fully saturated rings. The van der Waals surface area contributed by atoms with Crippen LogP contribution < -0.4 is 10.2 Å². The van der Waals surface area contributed by atoms with Gasteiger partial charge in [-0.05, 0) is 45.4 Å². The van der Waals surface area contributed by atoms with Crippen LogP contribution in [0.3, 0.4) is 0 Å². The molecular formula is C23H24F3N7O2. The largest absolute Gasteiger partial charge is 0.444 e. The number of rotatable bonds is 3. The van der Waals surface area contributed by atoms with Gasteiger partial charge in [0.1, 0.15) is 23.3 Å². The van der Waals surface area contributed by atoms with Crippen LogP contribution in [0.4, 0.5) is 35.3 Å². The van der Waals surface area contributed by atoms with Crippen LogP contribution in [-0.2, 0) is 10.9 Å². The number of halogens is 3. The second-order valence-corrected chi connectivity index (χ2v) is 9.67. The minimum atomic E-state index is -4.51. The summed E-state index contributed by atoms with van der Waals surface area (Å²) >= 11 is 0. The molecule has 5 rings (SSSR count). The Bertz CT molecular complexity index is 1280. The fraction of sp³-hybridized carbons (Fsp3) is 0.435. The molecule has 3 aromatic heterocycles. The highest BCUT2D eigenvalue weighted by Gasteiger charge is 2.47. The number of hydrogen-bond donors (Lipinski definition) is 1. The van der Waals surface area contributed by atoms with Crippen LogP contribution in [0.15, 0.2) is 36.9 Å². The molecule has 5 heterocycles. The van der Waals surface area contributed by atoms with E-state index in [4.69, 9.17) is 9.72 Å². The lowest BCUT2D eigenvalue weighted by Crippen LogP contribution is -2.50. The van der Waals surface area contributed by atoms with Crippen molar-refractivity contribution in [1.82, 2.24) is 24.8 Å². The van der Waals surface area contributed by atoms with Crippen molar-refractivity contribution in [3.05, 3.63) is 42.5 Å². The molecule has 35 heavy (non-hydrogen) atoms. The molecule has 0 saturated carbocycles. The summed E-state index contributed by atoms with van der Waals surface area (Å²) in [4.78, 5) is 33.3. The van der Waals surface area contributed by atoms with E-state index in [1.54, 1.807) is 11.0 Å². The van der Waals surface area contributed by atoms with Gasteiger partial charge in [0.2, 0.25) is 0 Å². The maximum atomic E-state index is 13.1. The van der Waals surface area contributed by atoms with E-state index in [9.17, 15) is 18.0 Å². The van der Waals surface area contributed by atoms with Crippen molar-refractivity contribution >= 4 is 34.4 Å². The summed E-state index contributed by atoms with van der Waals surface area (Å²) in [6, 6.07) is 4.73. The Labute approximate surface area is 199 Å². The van der Waals surface area contributed by atoms with E-state index in [1.165, 1.54) is 12.5 Å². The summed E-state index contributed by atoms with van der Waals surface area (Å²) in [7, 11) is 0. The third-order valence-electron chi connectivity index (χ3n) is 5.96. The summed E-state index contributed by atoms with van der Waals surface area (Å²) < 4.78 is 44.7. The van der Waals surface area contributed by atoms with Gasteiger partial charge in [0.05, 0.1) is 35.0 Å². The van der Waals surface area contributed by atoms with E-state index in [0.29, 0.717) is 29.9 Å². The monoisotopic (exact) mass is 487 g/mol. The van der Waals surface area contributed by atoms with Crippen molar-refractivity contribution in [2.24, 2.45) is 0 Å². The molecule has 2 aliphatic heterocycles. The Hall–Kier alpha value is -3.70. The number of likely N-dealkylation sites (tertiary alicyclic amines) is 1. The zero-order valence-corrected chi connectivity index (χ0v) is 19.4.